The molecule has 0 spiro atoms. The number of aromatic nitrogens is 1. The highest BCUT2D eigenvalue weighted by Gasteiger charge is 2.24. The Morgan fingerprint density at radius 3 is 2.78 bits per heavy atom. The number of carbonyl (C=O) groups excluding carboxylic acids is 1. The van der Waals surface area contributed by atoms with Gasteiger partial charge in [0.25, 0.3) is 0 Å². The first-order chi connectivity index (χ1) is 8.45. The summed E-state index contributed by atoms with van der Waals surface area (Å²) in [5.74, 6) is -1.01. The minimum absolute atomic E-state index is 0.0651. The number of aryl methyl sites for hydroxylation is 1. The normalized spacial score (nSPS) is 11.9. The number of carbonyl (C=O) groups is 2. The molecule has 18 heavy (non-hydrogen) atoms. The second-order valence-electron chi connectivity index (χ2n) is 3.69. The summed E-state index contributed by atoms with van der Waals surface area (Å²) in [6.07, 6.45) is 0. The molecule has 100 valence electrons. The SMILES string of the molecule is Cc1csc(CNC(=O)N(C)C(CS)C(=O)O)n1. The van der Waals surface area contributed by atoms with E-state index < -0.39 is 18.0 Å². The van der Waals surface area contributed by atoms with Crippen molar-refractivity contribution < 1.29 is 14.7 Å². The minimum atomic E-state index is -1.08. The molecule has 0 bridgehead atoms. The Morgan fingerprint density at radius 1 is 1.67 bits per heavy atom. The Labute approximate surface area is 114 Å². The molecule has 1 rings (SSSR count). The number of amides is 2. The third-order valence-corrected chi connectivity index (χ3v) is 3.62. The molecule has 1 unspecified atom stereocenters. The molecule has 8 heteroatoms. The lowest BCUT2D eigenvalue weighted by Crippen LogP contribution is -2.48. The summed E-state index contributed by atoms with van der Waals surface area (Å²) in [4.78, 5) is 27.9. The first-order valence-electron chi connectivity index (χ1n) is 5.21. The van der Waals surface area contributed by atoms with Crippen LogP contribution >= 0.6 is 24.0 Å². The maximum atomic E-state index is 11.7. The first kappa shape index (κ1) is 14.8. The van der Waals surface area contributed by atoms with Crippen LogP contribution in [-0.4, -0.2) is 45.8 Å². The quantitative estimate of drug-likeness (QED) is 0.706. The van der Waals surface area contributed by atoms with Gasteiger partial charge in [-0.25, -0.2) is 14.6 Å². The largest absolute Gasteiger partial charge is 0.480 e. The van der Waals surface area contributed by atoms with Crippen LogP contribution < -0.4 is 5.32 Å². The Balaban J connectivity index is 2.52. The van der Waals surface area contributed by atoms with Crippen LogP contribution in [0.2, 0.25) is 0 Å². The highest BCUT2D eigenvalue weighted by molar-refractivity contribution is 7.80. The minimum Gasteiger partial charge on any atom is -0.480 e. The van der Waals surface area contributed by atoms with Crippen molar-refractivity contribution in [2.75, 3.05) is 12.8 Å². The van der Waals surface area contributed by atoms with E-state index in [1.54, 1.807) is 0 Å². The van der Waals surface area contributed by atoms with E-state index >= 15 is 0 Å². The van der Waals surface area contributed by atoms with E-state index in [9.17, 15) is 9.59 Å². The fourth-order valence-corrected chi connectivity index (χ4v) is 2.38. The highest BCUT2D eigenvalue weighted by Crippen LogP contribution is 2.08. The third kappa shape index (κ3) is 3.88. The lowest BCUT2D eigenvalue weighted by molar-refractivity contribution is -0.140. The van der Waals surface area contributed by atoms with Gasteiger partial charge >= 0.3 is 12.0 Å². The number of likely N-dealkylation sites (N-methyl/N-ethyl adjacent to an activating group) is 1. The van der Waals surface area contributed by atoms with Gasteiger partial charge in [0.15, 0.2) is 0 Å². The van der Waals surface area contributed by atoms with Crippen LogP contribution in [0.25, 0.3) is 0 Å². The molecule has 0 aliphatic carbocycles. The van der Waals surface area contributed by atoms with E-state index in [1.165, 1.54) is 18.4 Å². The number of hydrogen-bond donors (Lipinski definition) is 3. The summed E-state index contributed by atoms with van der Waals surface area (Å²) in [6, 6.07) is -1.39. The molecular weight excluding hydrogens is 274 g/mol. The average Bonchev–Trinajstić information content (AvgIpc) is 2.72. The van der Waals surface area contributed by atoms with Gasteiger partial charge in [-0.05, 0) is 6.92 Å². The van der Waals surface area contributed by atoms with Crippen LogP contribution in [0.3, 0.4) is 0 Å². The molecule has 2 N–H and O–H groups in total. The highest BCUT2D eigenvalue weighted by atomic mass is 32.1. The van der Waals surface area contributed by atoms with Crippen LogP contribution in [0.1, 0.15) is 10.7 Å². The van der Waals surface area contributed by atoms with Crippen LogP contribution in [0.15, 0.2) is 5.38 Å². The fourth-order valence-electron chi connectivity index (χ4n) is 1.27. The van der Waals surface area contributed by atoms with Crippen LogP contribution in [0.5, 0.6) is 0 Å². The van der Waals surface area contributed by atoms with Crippen molar-refractivity contribution in [2.24, 2.45) is 0 Å². The maximum absolute atomic E-state index is 11.7. The predicted octanol–water partition coefficient (Wildman–Crippen LogP) is 0.976. The predicted molar refractivity (Wildman–Crippen MR) is 72.1 cm³/mol. The number of thiazole rings is 1. The molecule has 0 aliphatic rings. The molecule has 1 aromatic rings. The van der Waals surface area contributed by atoms with Crippen molar-refractivity contribution in [3.8, 4) is 0 Å². The van der Waals surface area contributed by atoms with E-state index in [0.717, 1.165) is 15.6 Å². The van der Waals surface area contributed by atoms with Crippen molar-refractivity contribution in [2.45, 2.75) is 19.5 Å². The molecule has 0 saturated heterocycles. The Morgan fingerprint density at radius 2 is 2.33 bits per heavy atom. The van der Waals surface area contributed by atoms with Crippen molar-refractivity contribution in [1.29, 1.82) is 0 Å². The fraction of sp³-hybridized carbons (Fsp3) is 0.500. The van der Waals surface area contributed by atoms with Crippen molar-refractivity contribution in [3.05, 3.63) is 16.1 Å². The third-order valence-electron chi connectivity index (χ3n) is 2.30. The van der Waals surface area contributed by atoms with Crippen molar-refractivity contribution in [1.82, 2.24) is 15.2 Å². The summed E-state index contributed by atoms with van der Waals surface area (Å²) in [5.41, 5.74) is 0.899. The summed E-state index contributed by atoms with van der Waals surface area (Å²) in [7, 11) is 1.43. The zero-order valence-corrected chi connectivity index (χ0v) is 11.8. The second-order valence-corrected chi connectivity index (χ2v) is 5.00. The lowest BCUT2D eigenvalue weighted by atomic mass is 10.3. The second kappa shape index (κ2) is 6.60. The maximum Gasteiger partial charge on any atom is 0.327 e. The van der Waals surface area contributed by atoms with Crippen LogP contribution in [-0.2, 0) is 11.3 Å². The molecule has 0 radical (unpaired) electrons. The molecular formula is C10H15N3O3S2. The number of thiol groups is 1. The van der Waals surface area contributed by atoms with Gasteiger partial charge < -0.3 is 15.3 Å². The van der Waals surface area contributed by atoms with Gasteiger partial charge in [0.05, 0.1) is 6.54 Å². The van der Waals surface area contributed by atoms with Gasteiger partial charge in [-0.3, -0.25) is 0 Å². The van der Waals surface area contributed by atoms with Gasteiger partial charge in [0.1, 0.15) is 11.0 Å². The monoisotopic (exact) mass is 289 g/mol. The number of nitrogens with zero attached hydrogens (tertiary/aromatic N) is 2. The first-order valence-corrected chi connectivity index (χ1v) is 6.72. The number of aliphatic carboxylic acids is 1. The summed E-state index contributed by atoms with van der Waals surface area (Å²) in [6.45, 7) is 2.16. The Kier molecular flexibility index (Phi) is 5.42. The van der Waals surface area contributed by atoms with Crippen LogP contribution in [0, 0.1) is 6.92 Å². The van der Waals surface area contributed by atoms with E-state index in [1.807, 2.05) is 12.3 Å². The smallest absolute Gasteiger partial charge is 0.327 e. The van der Waals surface area contributed by atoms with E-state index in [0.29, 0.717) is 6.54 Å². The molecule has 0 aromatic carbocycles. The molecule has 0 aliphatic heterocycles. The molecule has 1 atom stereocenters. The van der Waals surface area contributed by atoms with E-state index in [-0.39, 0.29) is 5.75 Å². The molecule has 0 fully saturated rings. The molecule has 6 nitrogen and oxygen atoms in total. The number of nitrogens with one attached hydrogen (secondary N) is 1. The molecule has 1 aromatic heterocycles. The number of carboxylic acid groups (broad SMARTS) is 1. The number of rotatable bonds is 5. The number of urea groups is 1. The number of hydrogen-bond acceptors (Lipinski definition) is 5. The summed E-state index contributed by atoms with van der Waals surface area (Å²) >= 11 is 5.37. The van der Waals surface area contributed by atoms with Crippen molar-refractivity contribution >= 4 is 36.0 Å². The van der Waals surface area contributed by atoms with Gasteiger partial charge in [-0.1, -0.05) is 0 Å². The summed E-state index contributed by atoms with van der Waals surface area (Å²) < 4.78 is 0. The number of carboxylic acids is 1. The summed E-state index contributed by atoms with van der Waals surface area (Å²) in [5, 5.41) is 14.2. The lowest BCUT2D eigenvalue weighted by Gasteiger charge is -2.23. The van der Waals surface area contributed by atoms with Gasteiger partial charge in [0, 0.05) is 23.9 Å². The molecule has 0 saturated carbocycles. The zero-order valence-electron chi connectivity index (χ0n) is 10.1. The topological polar surface area (TPSA) is 82.5 Å². The van der Waals surface area contributed by atoms with E-state index in [2.05, 4.69) is 22.9 Å². The van der Waals surface area contributed by atoms with Gasteiger partial charge in [-0.15, -0.1) is 11.3 Å². The van der Waals surface area contributed by atoms with Gasteiger partial charge in [0.2, 0.25) is 0 Å². The average molecular weight is 289 g/mol. The zero-order chi connectivity index (χ0) is 13.7. The van der Waals surface area contributed by atoms with E-state index in [4.69, 9.17) is 5.11 Å². The Hall–Kier alpha value is -1.28. The van der Waals surface area contributed by atoms with Crippen molar-refractivity contribution in [3.63, 3.8) is 0 Å². The van der Waals surface area contributed by atoms with Gasteiger partial charge in [-0.2, -0.15) is 12.6 Å². The Bertz CT molecular complexity index is 436. The van der Waals surface area contributed by atoms with Crippen LogP contribution in [0.4, 0.5) is 4.79 Å². The molecule has 1 heterocycles. The molecule has 2 amide bonds. The standard InChI is InChI=1S/C10H15N3O3S2/c1-6-5-18-8(12-6)3-11-10(16)13(2)7(4-17)9(14)15/h5,7,17H,3-4H2,1-2H3,(H,11,16)(H,14,15).